The molecule has 2 atom stereocenters. The summed E-state index contributed by atoms with van der Waals surface area (Å²) in [5.41, 5.74) is 2.20. The molecule has 1 N–H and O–H groups in total. The van der Waals surface area contributed by atoms with E-state index in [4.69, 9.17) is 0 Å². The van der Waals surface area contributed by atoms with Gasteiger partial charge in [-0.3, -0.25) is 14.6 Å². The molecule has 2 unspecified atom stereocenters. The molecule has 0 aliphatic carbocycles. The fraction of sp³-hybridized carbons (Fsp3) is 0.500. The highest BCUT2D eigenvalue weighted by atomic mass is 32.2. The van der Waals surface area contributed by atoms with Crippen molar-refractivity contribution >= 4 is 34.4 Å². The molecule has 2 heterocycles. The number of anilines is 1. The SMILES string of the molecule is CCC(C)N=C1NC(=O)C(CC(=O)N2CCCc3ccccc32)S1. The molecule has 3 rings (SSSR count). The Hall–Kier alpha value is -1.82. The molecule has 1 aromatic carbocycles. The van der Waals surface area contributed by atoms with E-state index in [1.54, 1.807) is 0 Å². The van der Waals surface area contributed by atoms with E-state index in [1.807, 2.05) is 30.0 Å². The lowest BCUT2D eigenvalue weighted by Crippen LogP contribution is -2.38. The number of fused-ring (bicyclic) bond motifs is 1. The number of aliphatic imine (C=N–C) groups is 1. The Kier molecular flexibility index (Phi) is 5.23. The van der Waals surface area contributed by atoms with Crippen LogP contribution in [0.25, 0.3) is 0 Å². The molecule has 5 nitrogen and oxygen atoms in total. The van der Waals surface area contributed by atoms with Crippen LogP contribution in [0.1, 0.15) is 38.7 Å². The van der Waals surface area contributed by atoms with Gasteiger partial charge < -0.3 is 10.2 Å². The van der Waals surface area contributed by atoms with Gasteiger partial charge in [0.1, 0.15) is 5.25 Å². The van der Waals surface area contributed by atoms with Crippen molar-refractivity contribution in [1.29, 1.82) is 0 Å². The Morgan fingerprint density at radius 3 is 3.04 bits per heavy atom. The molecule has 1 aromatic rings. The first-order valence-corrected chi connectivity index (χ1v) is 9.40. The van der Waals surface area contributed by atoms with Crippen LogP contribution in [0.3, 0.4) is 0 Å². The van der Waals surface area contributed by atoms with E-state index < -0.39 is 0 Å². The number of carbonyl (C=O) groups excluding carboxylic acids is 2. The molecule has 0 spiro atoms. The standard InChI is InChI=1S/C18H23N3O2S/c1-3-12(2)19-18-20-17(23)15(24-18)11-16(22)21-10-6-8-13-7-4-5-9-14(13)21/h4-5,7,9,12,15H,3,6,8,10-11H2,1-2H3,(H,19,20,23). The third kappa shape index (κ3) is 3.64. The number of nitrogens with zero attached hydrogens (tertiary/aromatic N) is 2. The molecule has 1 fully saturated rings. The maximum atomic E-state index is 12.7. The summed E-state index contributed by atoms with van der Waals surface area (Å²) in [7, 11) is 0. The second-order valence-corrected chi connectivity index (χ2v) is 7.46. The summed E-state index contributed by atoms with van der Waals surface area (Å²) in [6, 6.07) is 8.20. The summed E-state index contributed by atoms with van der Waals surface area (Å²) in [6.45, 7) is 4.80. The topological polar surface area (TPSA) is 61.8 Å². The molecule has 2 amide bonds. The molecule has 0 bridgehead atoms. The van der Waals surface area contributed by atoms with Gasteiger partial charge in [0.05, 0.1) is 0 Å². The third-order valence-corrected chi connectivity index (χ3v) is 5.57. The Labute approximate surface area is 146 Å². The highest BCUT2D eigenvalue weighted by molar-refractivity contribution is 8.15. The summed E-state index contributed by atoms with van der Waals surface area (Å²) in [5, 5.41) is 3.06. The van der Waals surface area contributed by atoms with Gasteiger partial charge in [-0.25, -0.2) is 0 Å². The van der Waals surface area contributed by atoms with Crippen LogP contribution < -0.4 is 10.2 Å². The molecule has 2 aliphatic heterocycles. The highest BCUT2D eigenvalue weighted by Gasteiger charge is 2.34. The van der Waals surface area contributed by atoms with Crippen LogP contribution in [-0.4, -0.2) is 34.8 Å². The summed E-state index contributed by atoms with van der Waals surface area (Å²) in [4.78, 5) is 31.2. The maximum absolute atomic E-state index is 12.7. The van der Waals surface area contributed by atoms with E-state index in [0.717, 1.165) is 31.5 Å². The number of benzene rings is 1. The first-order chi connectivity index (χ1) is 11.6. The third-order valence-electron chi connectivity index (χ3n) is 4.48. The number of aryl methyl sites for hydroxylation is 1. The van der Waals surface area contributed by atoms with Crippen molar-refractivity contribution in [3.8, 4) is 0 Å². The fourth-order valence-corrected chi connectivity index (χ4v) is 4.02. The van der Waals surface area contributed by atoms with Crippen LogP contribution in [0.2, 0.25) is 0 Å². The lowest BCUT2D eigenvalue weighted by atomic mass is 10.0. The predicted octanol–water partition coefficient (Wildman–Crippen LogP) is 2.74. The van der Waals surface area contributed by atoms with Gasteiger partial charge >= 0.3 is 0 Å². The first kappa shape index (κ1) is 17.0. The lowest BCUT2D eigenvalue weighted by Gasteiger charge is -2.29. The summed E-state index contributed by atoms with van der Waals surface area (Å²) >= 11 is 1.38. The minimum Gasteiger partial charge on any atom is -0.312 e. The van der Waals surface area contributed by atoms with E-state index in [1.165, 1.54) is 17.3 Å². The highest BCUT2D eigenvalue weighted by Crippen LogP contribution is 2.29. The largest absolute Gasteiger partial charge is 0.312 e. The molecular weight excluding hydrogens is 322 g/mol. The number of amides is 2. The zero-order valence-corrected chi connectivity index (χ0v) is 14.9. The van der Waals surface area contributed by atoms with Gasteiger partial charge in [-0.2, -0.15) is 0 Å². The minimum absolute atomic E-state index is 0.0135. The quantitative estimate of drug-likeness (QED) is 0.913. The molecule has 6 heteroatoms. The zero-order valence-electron chi connectivity index (χ0n) is 14.1. The molecule has 0 aromatic heterocycles. The summed E-state index contributed by atoms with van der Waals surface area (Å²) in [6.07, 6.45) is 3.11. The number of nitrogens with one attached hydrogen (secondary N) is 1. The van der Waals surface area contributed by atoms with Crippen LogP contribution >= 0.6 is 11.8 Å². The fourth-order valence-electron chi connectivity index (χ4n) is 2.95. The Morgan fingerprint density at radius 1 is 1.46 bits per heavy atom. The van der Waals surface area contributed by atoms with E-state index in [9.17, 15) is 9.59 Å². The molecule has 0 radical (unpaired) electrons. The smallest absolute Gasteiger partial charge is 0.240 e. The average Bonchev–Trinajstić information content (AvgIpc) is 2.93. The zero-order chi connectivity index (χ0) is 17.1. The Balaban J connectivity index is 1.68. The Bertz CT molecular complexity index is 674. The number of amidine groups is 1. The van der Waals surface area contributed by atoms with Gasteiger partial charge in [-0.05, 0) is 37.8 Å². The summed E-state index contributed by atoms with van der Waals surface area (Å²) < 4.78 is 0. The van der Waals surface area contributed by atoms with E-state index in [2.05, 4.69) is 23.3 Å². The van der Waals surface area contributed by atoms with Crippen molar-refractivity contribution in [2.24, 2.45) is 4.99 Å². The lowest BCUT2D eigenvalue weighted by molar-refractivity contribution is -0.123. The van der Waals surface area contributed by atoms with Gasteiger partial charge in [0, 0.05) is 24.7 Å². The van der Waals surface area contributed by atoms with Crippen molar-refractivity contribution < 1.29 is 9.59 Å². The number of carbonyl (C=O) groups is 2. The normalized spacial score (nSPS) is 23.1. The maximum Gasteiger partial charge on any atom is 0.240 e. The Morgan fingerprint density at radius 2 is 2.25 bits per heavy atom. The van der Waals surface area contributed by atoms with Gasteiger partial charge in [-0.15, -0.1) is 0 Å². The number of hydrogen-bond donors (Lipinski definition) is 1. The molecule has 24 heavy (non-hydrogen) atoms. The predicted molar refractivity (Wildman–Crippen MR) is 98.4 cm³/mol. The molecule has 2 aliphatic rings. The number of rotatable bonds is 4. The van der Waals surface area contributed by atoms with Crippen molar-refractivity contribution in [1.82, 2.24) is 5.32 Å². The number of hydrogen-bond acceptors (Lipinski definition) is 4. The molecular formula is C18H23N3O2S. The first-order valence-electron chi connectivity index (χ1n) is 8.52. The second-order valence-electron chi connectivity index (χ2n) is 6.27. The monoisotopic (exact) mass is 345 g/mol. The molecule has 0 saturated carbocycles. The van der Waals surface area contributed by atoms with Crippen molar-refractivity contribution in [2.75, 3.05) is 11.4 Å². The average molecular weight is 345 g/mol. The van der Waals surface area contributed by atoms with Crippen LogP contribution in [0.5, 0.6) is 0 Å². The molecule has 128 valence electrons. The van der Waals surface area contributed by atoms with Gasteiger partial charge in [-0.1, -0.05) is 36.9 Å². The minimum atomic E-state index is -0.380. The number of para-hydroxylation sites is 1. The van der Waals surface area contributed by atoms with E-state index in [0.29, 0.717) is 5.17 Å². The van der Waals surface area contributed by atoms with Crippen molar-refractivity contribution in [3.63, 3.8) is 0 Å². The van der Waals surface area contributed by atoms with Gasteiger partial charge in [0.25, 0.3) is 0 Å². The van der Waals surface area contributed by atoms with Crippen LogP contribution in [0.4, 0.5) is 5.69 Å². The van der Waals surface area contributed by atoms with Crippen molar-refractivity contribution in [2.45, 2.75) is 50.8 Å². The summed E-state index contributed by atoms with van der Waals surface area (Å²) in [5.74, 6) is -0.0970. The van der Waals surface area contributed by atoms with Crippen LogP contribution in [0.15, 0.2) is 29.3 Å². The molecule has 1 saturated heterocycles. The second kappa shape index (κ2) is 7.38. The van der Waals surface area contributed by atoms with Crippen LogP contribution in [0, 0.1) is 0 Å². The van der Waals surface area contributed by atoms with Crippen molar-refractivity contribution in [3.05, 3.63) is 29.8 Å². The van der Waals surface area contributed by atoms with E-state index >= 15 is 0 Å². The number of thioether (sulfide) groups is 1. The van der Waals surface area contributed by atoms with Gasteiger partial charge in [0.2, 0.25) is 11.8 Å². The van der Waals surface area contributed by atoms with Gasteiger partial charge in [0.15, 0.2) is 5.17 Å². The van der Waals surface area contributed by atoms with Crippen LogP contribution in [-0.2, 0) is 16.0 Å². The van der Waals surface area contributed by atoms with E-state index in [-0.39, 0.29) is 29.5 Å².